The van der Waals surface area contributed by atoms with Gasteiger partial charge in [-0.05, 0) is 42.3 Å². The Labute approximate surface area is 239 Å². The number of aromatic amines is 1. The first-order valence-electron chi connectivity index (χ1n) is 13.4. The molecular weight excluding hydrogens is 571 g/mol. The van der Waals surface area contributed by atoms with Crippen LogP contribution in [0.2, 0.25) is 0 Å². The van der Waals surface area contributed by atoms with Crippen LogP contribution in [0.15, 0.2) is 54.9 Å². The van der Waals surface area contributed by atoms with Gasteiger partial charge >= 0.3 is 10.2 Å². The summed E-state index contributed by atoms with van der Waals surface area (Å²) in [6, 6.07) is 11.0. The molecule has 6 rings (SSSR count). The molecule has 2 fully saturated rings. The van der Waals surface area contributed by atoms with Gasteiger partial charge in [0.2, 0.25) is 5.78 Å². The van der Waals surface area contributed by atoms with Gasteiger partial charge in [0.1, 0.15) is 23.4 Å². The zero-order valence-electron chi connectivity index (χ0n) is 22.2. The largest absolute Gasteiger partial charge is 0.371 e. The second-order valence-electron chi connectivity index (χ2n) is 10.4. The van der Waals surface area contributed by atoms with Gasteiger partial charge in [-0.15, -0.1) is 0 Å². The maximum absolute atomic E-state index is 15.5. The number of Topliss-reactive ketones (excluding diaryl/α,β-unsaturated/α-hetero) is 1. The lowest BCUT2D eigenvalue weighted by atomic mass is 9.99. The Morgan fingerprint density at radius 1 is 1.02 bits per heavy atom. The molecule has 2 aromatic carbocycles. The lowest BCUT2D eigenvalue weighted by molar-refractivity contribution is -0.119. The molecule has 2 saturated heterocycles. The second kappa shape index (κ2) is 10.9. The molecule has 4 heterocycles. The summed E-state index contributed by atoms with van der Waals surface area (Å²) in [5.74, 6) is -3.30. The monoisotopic (exact) mass is 597 g/mol. The average Bonchev–Trinajstić information content (AvgIpc) is 3.61. The first-order chi connectivity index (χ1) is 20.1. The number of alkyl halides is 1. The van der Waals surface area contributed by atoms with Gasteiger partial charge in [-0.25, -0.2) is 18.2 Å². The smallest absolute Gasteiger partial charge is 0.301 e. The number of aromatic nitrogens is 2. The van der Waals surface area contributed by atoms with Gasteiger partial charge in [0, 0.05) is 73.6 Å². The van der Waals surface area contributed by atoms with Crippen LogP contribution in [0.4, 0.5) is 24.5 Å². The molecule has 0 aliphatic carbocycles. The van der Waals surface area contributed by atoms with Crippen LogP contribution in [0.25, 0.3) is 22.2 Å². The van der Waals surface area contributed by atoms with E-state index in [9.17, 15) is 26.8 Å². The normalized spacial score (nSPS) is 18.1. The molecule has 9 nitrogen and oxygen atoms in total. The molecular formula is C29H26F3N5O4S. The summed E-state index contributed by atoms with van der Waals surface area (Å²) in [5, 5.41) is 0.326. The highest BCUT2D eigenvalue weighted by Crippen LogP contribution is 2.31. The van der Waals surface area contributed by atoms with Gasteiger partial charge in [0.25, 0.3) is 0 Å². The van der Waals surface area contributed by atoms with Crippen molar-refractivity contribution < 1.29 is 31.2 Å². The van der Waals surface area contributed by atoms with E-state index in [0.29, 0.717) is 42.5 Å². The van der Waals surface area contributed by atoms with Crippen molar-refractivity contribution in [1.82, 2.24) is 14.3 Å². The summed E-state index contributed by atoms with van der Waals surface area (Å²) in [6.07, 6.45) is 2.61. The molecule has 2 N–H and O–H groups in total. The van der Waals surface area contributed by atoms with Crippen molar-refractivity contribution in [3.8, 4) is 11.1 Å². The number of anilines is 2. The quantitative estimate of drug-likeness (QED) is 0.301. The van der Waals surface area contributed by atoms with Crippen LogP contribution in [0.5, 0.6) is 0 Å². The summed E-state index contributed by atoms with van der Waals surface area (Å²) in [6.45, 7) is 0.855. The van der Waals surface area contributed by atoms with Crippen molar-refractivity contribution >= 4 is 44.2 Å². The van der Waals surface area contributed by atoms with Crippen molar-refractivity contribution in [1.29, 1.82) is 0 Å². The molecule has 218 valence electrons. The van der Waals surface area contributed by atoms with Crippen LogP contribution in [-0.4, -0.2) is 66.6 Å². The third-order valence-electron chi connectivity index (χ3n) is 7.65. The molecule has 13 heteroatoms. The van der Waals surface area contributed by atoms with Gasteiger partial charge in [-0.3, -0.25) is 14.3 Å². The Hall–Kier alpha value is -4.23. The third-order valence-corrected chi connectivity index (χ3v) is 9.14. The molecule has 0 spiro atoms. The predicted octanol–water partition coefficient (Wildman–Crippen LogP) is 4.61. The van der Waals surface area contributed by atoms with Crippen LogP contribution in [0, 0.1) is 11.6 Å². The fourth-order valence-corrected chi connectivity index (χ4v) is 6.58. The molecule has 0 saturated carbocycles. The Bertz CT molecular complexity index is 1800. The van der Waals surface area contributed by atoms with Crippen molar-refractivity contribution in [3.63, 3.8) is 0 Å². The number of H-pyrrole nitrogens is 1. The molecule has 2 aliphatic heterocycles. The van der Waals surface area contributed by atoms with Crippen LogP contribution in [-0.2, 0) is 15.0 Å². The van der Waals surface area contributed by atoms with Crippen molar-refractivity contribution in [2.24, 2.45) is 0 Å². The summed E-state index contributed by atoms with van der Waals surface area (Å²) in [4.78, 5) is 34.4. The number of ketones is 2. The summed E-state index contributed by atoms with van der Waals surface area (Å²) in [7, 11) is -4.33. The number of piperidine rings is 1. The number of pyridine rings is 1. The number of nitrogens with zero attached hydrogens (tertiary/aromatic N) is 3. The number of carbonyl (C=O) groups is 2. The number of carbonyl (C=O) groups excluding carboxylic acids is 2. The standard InChI is InChI=1S/C29H26F3N5O4S/c30-19-7-12-37(16-19)42(40,41)35-25-6-5-24(31)26(27(25)32)28(39)23-15-34-29-22(23)13-18(14-33-29)17-1-3-20(4-2-17)36-10-8-21(38)9-11-36/h1-6,13-15,19,35H,7-12,16H2,(H,33,34)/t19-/m1/s1. The number of hydrogen-bond donors (Lipinski definition) is 2. The maximum Gasteiger partial charge on any atom is 0.301 e. The van der Waals surface area contributed by atoms with E-state index in [1.807, 2.05) is 29.0 Å². The van der Waals surface area contributed by atoms with Gasteiger partial charge in [0.15, 0.2) is 5.82 Å². The van der Waals surface area contributed by atoms with E-state index >= 15 is 4.39 Å². The zero-order valence-corrected chi connectivity index (χ0v) is 23.1. The number of fused-ring (bicyclic) bond motifs is 1. The minimum Gasteiger partial charge on any atom is -0.371 e. The van der Waals surface area contributed by atoms with Crippen LogP contribution >= 0.6 is 0 Å². The van der Waals surface area contributed by atoms with E-state index in [-0.39, 0.29) is 30.9 Å². The molecule has 2 aliphatic rings. The van der Waals surface area contributed by atoms with E-state index in [4.69, 9.17) is 0 Å². The average molecular weight is 598 g/mol. The van der Waals surface area contributed by atoms with Crippen molar-refractivity contribution in [3.05, 3.63) is 77.6 Å². The van der Waals surface area contributed by atoms with Crippen LogP contribution < -0.4 is 9.62 Å². The highest BCUT2D eigenvalue weighted by molar-refractivity contribution is 7.90. The number of halogens is 3. The first kappa shape index (κ1) is 27.9. The Morgan fingerprint density at radius 2 is 1.76 bits per heavy atom. The Balaban J connectivity index is 1.29. The van der Waals surface area contributed by atoms with Crippen molar-refractivity contribution in [2.75, 3.05) is 35.8 Å². The number of benzene rings is 2. The highest BCUT2D eigenvalue weighted by atomic mass is 32.2. The minimum atomic E-state index is -4.33. The molecule has 2 aromatic heterocycles. The minimum absolute atomic E-state index is 0.0118. The fraction of sp³-hybridized carbons (Fsp3) is 0.276. The van der Waals surface area contributed by atoms with E-state index < -0.39 is 45.0 Å². The van der Waals surface area contributed by atoms with Gasteiger partial charge < -0.3 is 9.88 Å². The second-order valence-corrected chi connectivity index (χ2v) is 12.0. The fourth-order valence-electron chi connectivity index (χ4n) is 5.31. The lowest BCUT2D eigenvalue weighted by Crippen LogP contribution is -2.34. The lowest BCUT2D eigenvalue weighted by Gasteiger charge is -2.28. The molecule has 0 radical (unpaired) electrons. The Morgan fingerprint density at radius 3 is 2.45 bits per heavy atom. The molecule has 4 aromatic rings. The van der Waals surface area contributed by atoms with E-state index in [0.717, 1.165) is 27.7 Å². The molecule has 0 bridgehead atoms. The first-order valence-corrected chi connectivity index (χ1v) is 14.8. The van der Waals surface area contributed by atoms with Gasteiger partial charge in [-0.1, -0.05) is 12.1 Å². The SMILES string of the molecule is O=C1CCN(c2ccc(-c3cnc4[nH]cc(C(=O)c5c(F)ccc(NS(=O)(=O)N6CC[C@@H](F)C6)c5F)c4c3)cc2)CC1. The van der Waals surface area contributed by atoms with Gasteiger partial charge in [0.05, 0.1) is 11.3 Å². The van der Waals surface area contributed by atoms with Crippen molar-refractivity contribution in [2.45, 2.75) is 25.4 Å². The van der Waals surface area contributed by atoms with E-state index in [1.54, 1.807) is 12.3 Å². The summed E-state index contributed by atoms with van der Waals surface area (Å²) < 4.78 is 72.0. The maximum atomic E-state index is 15.5. The zero-order chi connectivity index (χ0) is 29.6. The molecule has 0 amide bonds. The number of rotatable bonds is 7. The third kappa shape index (κ3) is 5.25. The highest BCUT2D eigenvalue weighted by Gasteiger charge is 2.33. The van der Waals surface area contributed by atoms with Crippen LogP contribution in [0.3, 0.4) is 0 Å². The molecule has 1 atom stereocenters. The predicted molar refractivity (Wildman–Crippen MR) is 151 cm³/mol. The summed E-state index contributed by atoms with van der Waals surface area (Å²) in [5.41, 5.74) is 1.15. The number of nitrogens with one attached hydrogen (secondary N) is 2. The topological polar surface area (TPSA) is 115 Å². The van der Waals surface area contributed by atoms with Gasteiger partial charge in [-0.2, -0.15) is 12.7 Å². The Kier molecular flexibility index (Phi) is 7.23. The van der Waals surface area contributed by atoms with Crippen LogP contribution in [0.1, 0.15) is 35.2 Å². The van der Waals surface area contributed by atoms with E-state index in [1.165, 1.54) is 6.20 Å². The molecule has 42 heavy (non-hydrogen) atoms. The summed E-state index contributed by atoms with van der Waals surface area (Å²) >= 11 is 0. The number of hydrogen-bond acceptors (Lipinski definition) is 6. The molecule has 0 unspecified atom stereocenters. The van der Waals surface area contributed by atoms with E-state index in [2.05, 4.69) is 14.9 Å².